The van der Waals surface area contributed by atoms with E-state index in [1.807, 2.05) is 0 Å². The van der Waals surface area contributed by atoms with Gasteiger partial charge in [0.05, 0.1) is 16.5 Å². The number of aliphatic carboxylic acids is 1. The highest BCUT2D eigenvalue weighted by atomic mass is 35.5. The van der Waals surface area contributed by atoms with E-state index in [4.69, 9.17) is 16.7 Å². The second-order valence-corrected chi connectivity index (χ2v) is 4.01. The fourth-order valence-electron chi connectivity index (χ4n) is 1.52. The number of nitrogens with zero attached hydrogens (tertiary/aromatic N) is 2. The van der Waals surface area contributed by atoms with Crippen molar-refractivity contribution in [3.63, 3.8) is 0 Å². The summed E-state index contributed by atoms with van der Waals surface area (Å²) >= 11 is 5.82. The lowest BCUT2D eigenvalue weighted by molar-refractivity contribution is -0.146. The second-order valence-electron chi connectivity index (χ2n) is 3.60. The summed E-state index contributed by atoms with van der Waals surface area (Å²) in [7, 11) is 0. The first kappa shape index (κ1) is 10.9. The molecule has 0 aliphatic carbocycles. The lowest BCUT2D eigenvalue weighted by Crippen LogP contribution is -2.53. The fraction of sp³-hybridized carbons (Fsp3) is 0.300. The SMILES string of the molecule is O=C(O)C1CN(C(=O)c2ccncc2Cl)C1. The summed E-state index contributed by atoms with van der Waals surface area (Å²) in [5.74, 6) is -1.57. The first-order valence-electron chi connectivity index (χ1n) is 4.71. The van der Waals surface area contributed by atoms with Gasteiger partial charge < -0.3 is 10.0 Å². The van der Waals surface area contributed by atoms with Crippen LogP contribution in [0.5, 0.6) is 0 Å². The van der Waals surface area contributed by atoms with Crippen LogP contribution in [0.1, 0.15) is 10.4 Å². The number of hydrogen-bond acceptors (Lipinski definition) is 3. The lowest BCUT2D eigenvalue weighted by Gasteiger charge is -2.36. The van der Waals surface area contributed by atoms with Crippen LogP contribution in [0.15, 0.2) is 18.5 Å². The molecule has 1 aromatic heterocycles. The summed E-state index contributed by atoms with van der Waals surface area (Å²) in [4.78, 5) is 27.7. The molecule has 0 radical (unpaired) electrons. The van der Waals surface area contributed by atoms with Gasteiger partial charge in [-0.1, -0.05) is 11.6 Å². The Balaban J connectivity index is 2.06. The fourth-order valence-corrected chi connectivity index (χ4v) is 1.72. The van der Waals surface area contributed by atoms with Crippen molar-refractivity contribution in [2.75, 3.05) is 13.1 Å². The number of carboxylic acid groups (broad SMARTS) is 1. The molecular formula is C10H9ClN2O3. The molecule has 6 heteroatoms. The predicted octanol–water partition coefficient (Wildman–Crippen LogP) is 0.892. The second kappa shape index (κ2) is 4.09. The molecule has 84 valence electrons. The predicted molar refractivity (Wildman–Crippen MR) is 56.3 cm³/mol. The van der Waals surface area contributed by atoms with E-state index in [0.29, 0.717) is 5.56 Å². The molecule has 1 aliphatic heterocycles. The molecule has 0 aromatic carbocycles. The Labute approximate surface area is 96.7 Å². The minimum absolute atomic E-state index is 0.243. The molecule has 1 aliphatic rings. The zero-order chi connectivity index (χ0) is 11.7. The van der Waals surface area contributed by atoms with Crippen molar-refractivity contribution in [1.82, 2.24) is 9.88 Å². The zero-order valence-electron chi connectivity index (χ0n) is 8.26. The van der Waals surface area contributed by atoms with Gasteiger partial charge in [-0.3, -0.25) is 14.6 Å². The van der Waals surface area contributed by atoms with Crippen molar-refractivity contribution in [3.8, 4) is 0 Å². The Morgan fingerprint density at radius 2 is 2.19 bits per heavy atom. The molecule has 16 heavy (non-hydrogen) atoms. The number of amides is 1. The van der Waals surface area contributed by atoms with Crippen LogP contribution in [-0.2, 0) is 4.79 Å². The number of carboxylic acids is 1. The summed E-state index contributed by atoms with van der Waals surface area (Å²) in [5.41, 5.74) is 0.362. The van der Waals surface area contributed by atoms with E-state index >= 15 is 0 Å². The zero-order valence-corrected chi connectivity index (χ0v) is 9.02. The van der Waals surface area contributed by atoms with Gasteiger partial charge in [0, 0.05) is 25.5 Å². The van der Waals surface area contributed by atoms with Crippen LogP contribution in [0.2, 0.25) is 5.02 Å². The van der Waals surface area contributed by atoms with E-state index < -0.39 is 11.9 Å². The number of pyridine rings is 1. The van der Waals surface area contributed by atoms with E-state index in [0.717, 1.165) is 0 Å². The van der Waals surface area contributed by atoms with Gasteiger partial charge in [-0.15, -0.1) is 0 Å². The number of carbonyl (C=O) groups is 2. The molecule has 1 saturated heterocycles. The van der Waals surface area contributed by atoms with Gasteiger partial charge in [-0.25, -0.2) is 0 Å². The van der Waals surface area contributed by atoms with Crippen LogP contribution in [-0.4, -0.2) is 40.0 Å². The number of hydrogen-bond donors (Lipinski definition) is 1. The molecule has 1 fully saturated rings. The molecule has 0 unspecified atom stereocenters. The van der Waals surface area contributed by atoms with E-state index in [2.05, 4.69) is 4.98 Å². The summed E-state index contributed by atoms with van der Waals surface area (Å²) in [6, 6.07) is 1.53. The van der Waals surface area contributed by atoms with Crippen molar-refractivity contribution in [2.24, 2.45) is 5.92 Å². The number of aromatic nitrogens is 1. The van der Waals surface area contributed by atoms with E-state index in [1.54, 1.807) is 0 Å². The minimum atomic E-state index is -0.870. The first-order valence-corrected chi connectivity index (χ1v) is 5.09. The van der Waals surface area contributed by atoms with Gasteiger partial charge in [-0.05, 0) is 6.07 Å². The summed E-state index contributed by atoms with van der Waals surface area (Å²) in [6.07, 6.45) is 2.87. The average molecular weight is 241 g/mol. The number of rotatable bonds is 2. The third-order valence-corrected chi connectivity index (χ3v) is 2.82. The van der Waals surface area contributed by atoms with Crippen molar-refractivity contribution in [3.05, 3.63) is 29.0 Å². The third kappa shape index (κ3) is 1.86. The number of likely N-dealkylation sites (tertiary alicyclic amines) is 1. The Kier molecular flexibility index (Phi) is 2.78. The summed E-state index contributed by atoms with van der Waals surface area (Å²) in [5, 5.41) is 8.97. The van der Waals surface area contributed by atoms with Crippen molar-refractivity contribution < 1.29 is 14.7 Å². The largest absolute Gasteiger partial charge is 0.481 e. The molecule has 0 spiro atoms. The van der Waals surface area contributed by atoms with Crippen LogP contribution in [0.4, 0.5) is 0 Å². The van der Waals surface area contributed by atoms with Crippen LogP contribution in [0, 0.1) is 5.92 Å². The van der Waals surface area contributed by atoms with Crippen LogP contribution < -0.4 is 0 Å². The standard InChI is InChI=1S/C10H9ClN2O3/c11-8-3-12-2-1-7(8)9(14)13-4-6(5-13)10(15)16/h1-3,6H,4-5H2,(H,15,16). The Bertz CT molecular complexity index is 443. The molecule has 2 heterocycles. The van der Waals surface area contributed by atoms with E-state index in [1.165, 1.54) is 23.4 Å². The highest BCUT2D eigenvalue weighted by molar-refractivity contribution is 6.33. The minimum Gasteiger partial charge on any atom is -0.481 e. The van der Waals surface area contributed by atoms with Gasteiger partial charge in [0.2, 0.25) is 0 Å². The maximum Gasteiger partial charge on any atom is 0.310 e. The molecule has 5 nitrogen and oxygen atoms in total. The molecule has 1 aromatic rings. The monoisotopic (exact) mass is 240 g/mol. The molecule has 1 N–H and O–H groups in total. The normalized spacial score (nSPS) is 15.7. The molecule has 2 rings (SSSR count). The van der Waals surface area contributed by atoms with Gasteiger partial charge in [0.15, 0.2) is 0 Å². The van der Waals surface area contributed by atoms with Gasteiger partial charge in [-0.2, -0.15) is 0 Å². The number of halogens is 1. The highest BCUT2D eigenvalue weighted by Gasteiger charge is 2.36. The smallest absolute Gasteiger partial charge is 0.310 e. The van der Waals surface area contributed by atoms with Gasteiger partial charge in [0.1, 0.15) is 0 Å². The first-order chi connectivity index (χ1) is 7.59. The third-order valence-electron chi connectivity index (χ3n) is 2.52. The average Bonchev–Trinajstić information content (AvgIpc) is 2.15. The highest BCUT2D eigenvalue weighted by Crippen LogP contribution is 2.22. The van der Waals surface area contributed by atoms with E-state index in [9.17, 15) is 9.59 Å². The van der Waals surface area contributed by atoms with Crippen molar-refractivity contribution in [1.29, 1.82) is 0 Å². The topological polar surface area (TPSA) is 70.5 Å². The summed E-state index contributed by atoms with van der Waals surface area (Å²) in [6.45, 7) is 0.486. The molecular weight excluding hydrogens is 232 g/mol. The van der Waals surface area contributed by atoms with Crippen molar-refractivity contribution in [2.45, 2.75) is 0 Å². The molecule has 1 amide bonds. The Hall–Kier alpha value is -1.62. The van der Waals surface area contributed by atoms with E-state index in [-0.39, 0.29) is 24.0 Å². The maximum absolute atomic E-state index is 11.8. The van der Waals surface area contributed by atoms with Crippen LogP contribution in [0.3, 0.4) is 0 Å². The summed E-state index contributed by atoms with van der Waals surface area (Å²) < 4.78 is 0. The molecule has 0 bridgehead atoms. The molecule has 0 saturated carbocycles. The van der Waals surface area contributed by atoms with Crippen LogP contribution >= 0.6 is 11.6 Å². The molecule has 0 atom stereocenters. The Morgan fingerprint density at radius 3 is 2.75 bits per heavy atom. The Morgan fingerprint density at radius 1 is 1.50 bits per heavy atom. The maximum atomic E-state index is 11.8. The lowest BCUT2D eigenvalue weighted by atomic mass is 9.99. The number of carbonyl (C=O) groups excluding carboxylic acids is 1. The van der Waals surface area contributed by atoms with Gasteiger partial charge >= 0.3 is 5.97 Å². The quantitative estimate of drug-likeness (QED) is 0.834. The van der Waals surface area contributed by atoms with Crippen molar-refractivity contribution >= 4 is 23.5 Å². The van der Waals surface area contributed by atoms with Crippen LogP contribution in [0.25, 0.3) is 0 Å². The van der Waals surface area contributed by atoms with Gasteiger partial charge in [0.25, 0.3) is 5.91 Å².